The van der Waals surface area contributed by atoms with Crippen molar-refractivity contribution in [3.05, 3.63) is 34.3 Å². The van der Waals surface area contributed by atoms with Gasteiger partial charge in [0.25, 0.3) is 0 Å². The Morgan fingerprint density at radius 2 is 2.11 bits per heavy atom. The van der Waals surface area contributed by atoms with Gasteiger partial charge in [0.15, 0.2) is 0 Å². The summed E-state index contributed by atoms with van der Waals surface area (Å²) in [6, 6.07) is 8.05. The highest BCUT2D eigenvalue weighted by Crippen LogP contribution is 2.30. The van der Waals surface area contributed by atoms with Crippen molar-refractivity contribution < 1.29 is 9.90 Å². The molecule has 0 amide bonds. The van der Waals surface area contributed by atoms with E-state index in [-0.39, 0.29) is 6.04 Å². The minimum atomic E-state index is -0.726. The number of carbonyl (C=O) groups is 1. The Morgan fingerprint density at radius 1 is 1.44 bits per heavy atom. The second-order valence-corrected chi connectivity index (χ2v) is 5.80. The summed E-state index contributed by atoms with van der Waals surface area (Å²) < 4.78 is 1.11. The Morgan fingerprint density at radius 3 is 2.67 bits per heavy atom. The van der Waals surface area contributed by atoms with Gasteiger partial charge in [-0.15, -0.1) is 0 Å². The van der Waals surface area contributed by atoms with Crippen molar-refractivity contribution in [1.82, 2.24) is 4.90 Å². The molecule has 0 bridgehead atoms. The molecule has 4 heteroatoms. The highest BCUT2D eigenvalue weighted by molar-refractivity contribution is 9.10. The summed E-state index contributed by atoms with van der Waals surface area (Å²) in [4.78, 5) is 13.0. The predicted molar refractivity (Wildman–Crippen MR) is 74.8 cm³/mol. The minimum Gasteiger partial charge on any atom is -0.480 e. The van der Waals surface area contributed by atoms with E-state index >= 15 is 0 Å². The molecule has 1 heterocycles. The molecule has 1 fully saturated rings. The molecule has 18 heavy (non-hydrogen) atoms. The number of likely N-dealkylation sites (tertiary alicyclic amines) is 1. The van der Waals surface area contributed by atoms with Crippen LogP contribution in [0.1, 0.15) is 31.2 Å². The predicted octanol–water partition coefficient (Wildman–Crippen LogP) is 3.10. The van der Waals surface area contributed by atoms with E-state index in [1.54, 1.807) is 6.92 Å². The van der Waals surface area contributed by atoms with Crippen LogP contribution in [0.15, 0.2) is 28.7 Å². The quantitative estimate of drug-likeness (QED) is 0.932. The van der Waals surface area contributed by atoms with Crippen LogP contribution in [0.4, 0.5) is 0 Å². The van der Waals surface area contributed by atoms with Crippen molar-refractivity contribution in [2.75, 3.05) is 13.1 Å². The lowest BCUT2D eigenvalue weighted by atomic mass is 9.89. The zero-order valence-corrected chi connectivity index (χ0v) is 12.1. The third-order valence-corrected chi connectivity index (χ3v) is 4.25. The fourth-order valence-corrected chi connectivity index (χ4v) is 2.95. The lowest BCUT2D eigenvalue weighted by molar-refractivity contribution is -0.143. The van der Waals surface area contributed by atoms with Crippen molar-refractivity contribution in [1.29, 1.82) is 0 Å². The molecule has 1 aliphatic heterocycles. The van der Waals surface area contributed by atoms with Crippen LogP contribution in [-0.2, 0) is 4.79 Å². The maximum atomic E-state index is 10.9. The molecule has 1 aliphatic rings. The Balaban J connectivity index is 1.96. The summed E-state index contributed by atoms with van der Waals surface area (Å²) in [7, 11) is 0. The Labute approximate surface area is 116 Å². The molecule has 3 nitrogen and oxygen atoms in total. The zero-order chi connectivity index (χ0) is 13.1. The van der Waals surface area contributed by atoms with Gasteiger partial charge in [-0.1, -0.05) is 28.1 Å². The van der Waals surface area contributed by atoms with Gasteiger partial charge in [-0.05, 0) is 56.5 Å². The standard InChI is InChI=1S/C14H18BrNO2/c1-10(14(17)18)16-7-5-11(6-8-16)12-3-2-4-13(15)9-12/h2-4,9-11H,5-8H2,1H3,(H,17,18). The van der Waals surface area contributed by atoms with Crippen LogP contribution in [0.25, 0.3) is 0 Å². The highest BCUT2D eigenvalue weighted by Gasteiger charge is 2.26. The van der Waals surface area contributed by atoms with E-state index in [4.69, 9.17) is 5.11 Å². The van der Waals surface area contributed by atoms with Crippen molar-refractivity contribution in [3.63, 3.8) is 0 Å². The normalized spacial score (nSPS) is 19.7. The second-order valence-electron chi connectivity index (χ2n) is 4.88. The molecule has 1 N–H and O–H groups in total. The fourth-order valence-electron chi connectivity index (χ4n) is 2.54. The van der Waals surface area contributed by atoms with Gasteiger partial charge in [-0.3, -0.25) is 9.69 Å². The van der Waals surface area contributed by atoms with E-state index in [2.05, 4.69) is 39.0 Å². The van der Waals surface area contributed by atoms with Crippen LogP contribution < -0.4 is 0 Å². The molecular weight excluding hydrogens is 294 g/mol. The monoisotopic (exact) mass is 311 g/mol. The first-order valence-corrected chi connectivity index (χ1v) is 7.09. The largest absolute Gasteiger partial charge is 0.480 e. The first-order valence-electron chi connectivity index (χ1n) is 6.30. The average Bonchev–Trinajstić information content (AvgIpc) is 2.38. The van der Waals surface area contributed by atoms with Gasteiger partial charge in [0, 0.05) is 4.47 Å². The summed E-state index contributed by atoms with van der Waals surface area (Å²) in [5.41, 5.74) is 1.35. The van der Waals surface area contributed by atoms with Gasteiger partial charge in [-0.2, -0.15) is 0 Å². The number of benzene rings is 1. The molecule has 0 spiro atoms. The minimum absolute atomic E-state index is 0.367. The summed E-state index contributed by atoms with van der Waals surface area (Å²) in [5.74, 6) is -0.171. The fraction of sp³-hybridized carbons (Fsp3) is 0.500. The van der Waals surface area contributed by atoms with Crippen LogP contribution in [0.5, 0.6) is 0 Å². The number of hydrogen-bond donors (Lipinski definition) is 1. The zero-order valence-electron chi connectivity index (χ0n) is 10.5. The maximum Gasteiger partial charge on any atom is 0.320 e. The molecule has 2 rings (SSSR count). The first-order chi connectivity index (χ1) is 8.58. The van der Waals surface area contributed by atoms with E-state index in [0.717, 1.165) is 30.4 Å². The molecule has 1 saturated heterocycles. The van der Waals surface area contributed by atoms with Crippen LogP contribution >= 0.6 is 15.9 Å². The number of rotatable bonds is 3. The molecule has 0 aromatic heterocycles. The molecule has 0 radical (unpaired) electrons. The summed E-state index contributed by atoms with van der Waals surface area (Å²) in [6.45, 7) is 3.50. The van der Waals surface area contributed by atoms with Crippen molar-refractivity contribution in [2.45, 2.75) is 31.7 Å². The number of aliphatic carboxylic acids is 1. The third kappa shape index (κ3) is 3.12. The van der Waals surface area contributed by atoms with Gasteiger partial charge in [0.1, 0.15) is 6.04 Å². The number of nitrogens with zero attached hydrogens (tertiary/aromatic N) is 1. The van der Waals surface area contributed by atoms with Crippen LogP contribution in [0, 0.1) is 0 Å². The molecule has 1 atom stereocenters. The maximum absolute atomic E-state index is 10.9. The average molecular weight is 312 g/mol. The van der Waals surface area contributed by atoms with Crippen molar-refractivity contribution in [2.24, 2.45) is 0 Å². The summed E-state index contributed by atoms with van der Waals surface area (Å²) >= 11 is 3.49. The number of piperidine rings is 1. The van der Waals surface area contributed by atoms with Crippen LogP contribution in [0.2, 0.25) is 0 Å². The molecule has 0 aliphatic carbocycles. The number of halogens is 1. The van der Waals surface area contributed by atoms with E-state index < -0.39 is 5.97 Å². The molecular formula is C14H18BrNO2. The molecule has 1 aromatic carbocycles. The SMILES string of the molecule is CC(C(=O)O)N1CCC(c2cccc(Br)c2)CC1. The highest BCUT2D eigenvalue weighted by atomic mass is 79.9. The van der Waals surface area contributed by atoms with Crippen LogP contribution in [-0.4, -0.2) is 35.1 Å². The summed E-state index contributed by atoms with van der Waals surface area (Å²) in [5, 5.41) is 9.01. The first kappa shape index (κ1) is 13.6. The number of carboxylic acid groups (broad SMARTS) is 1. The Hall–Kier alpha value is -0.870. The van der Waals surface area contributed by atoms with E-state index in [1.165, 1.54) is 5.56 Å². The van der Waals surface area contributed by atoms with Gasteiger partial charge in [0.2, 0.25) is 0 Å². The molecule has 98 valence electrons. The van der Waals surface area contributed by atoms with Gasteiger partial charge in [0.05, 0.1) is 0 Å². The van der Waals surface area contributed by atoms with Gasteiger partial charge >= 0.3 is 5.97 Å². The Bertz CT molecular complexity index is 428. The smallest absolute Gasteiger partial charge is 0.320 e. The topological polar surface area (TPSA) is 40.5 Å². The second kappa shape index (κ2) is 5.85. The lowest BCUT2D eigenvalue weighted by Gasteiger charge is -2.34. The molecule has 0 saturated carbocycles. The van der Waals surface area contributed by atoms with Gasteiger partial charge in [-0.25, -0.2) is 0 Å². The lowest BCUT2D eigenvalue weighted by Crippen LogP contribution is -2.43. The third-order valence-electron chi connectivity index (χ3n) is 3.75. The van der Waals surface area contributed by atoms with Crippen LogP contribution in [0.3, 0.4) is 0 Å². The van der Waals surface area contributed by atoms with Crippen molar-refractivity contribution >= 4 is 21.9 Å². The van der Waals surface area contributed by atoms with E-state index in [0.29, 0.717) is 5.92 Å². The molecule has 1 unspecified atom stereocenters. The van der Waals surface area contributed by atoms with E-state index in [1.807, 2.05) is 6.07 Å². The van der Waals surface area contributed by atoms with Crippen molar-refractivity contribution in [3.8, 4) is 0 Å². The Kier molecular flexibility index (Phi) is 4.40. The summed E-state index contributed by atoms with van der Waals surface area (Å²) in [6.07, 6.45) is 2.07. The van der Waals surface area contributed by atoms with Gasteiger partial charge < -0.3 is 5.11 Å². The number of hydrogen-bond acceptors (Lipinski definition) is 2. The molecule has 1 aromatic rings. The number of carboxylic acids is 1. The van der Waals surface area contributed by atoms with E-state index in [9.17, 15) is 4.79 Å².